The lowest BCUT2D eigenvalue weighted by atomic mass is 9.84. The molecule has 138 valence electrons. The molecule has 0 unspecified atom stereocenters. The lowest BCUT2D eigenvalue weighted by molar-refractivity contribution is 0.0606. The minimum atomic E-state index is -0.129. The molecule has 5 nitrogen and oxygen atoms in total. The van der Waals surface area contributed by atoms with Gasteiger partial charge in [-0.1, -0.05) is 24.3 Å². The molecule has 1 amide bonds. The van der Waals surface area contributed by atoms with E-state index < -0.39 is 0 Å². The Balaban J connectivity index is 1.37. The molecular formula is C22H22N2O3. The Morgan fingerprint density at radius 1 is 0.963 bits per heavy atom. The van der Waals surface area contributed by atoms with Gasteiger partial charge in [-0.05, 0) is 56.1 Å². The summed E-state index contributed by atoms with van der Waals surface area (Å²) in [6.45, 7) is 3.27. The largest absolute Gasteiger partial charge is 0.464 e. The van der Waals surface area contributed by atoms with Crippen LogP contribution in [0, 0.1) is 5.92 Å². The summed E-state index contributed by atoms with van der Waals surface area (Å²) in [6, 6.07) is 15.5. The third kappa shape index (κ3) is 3.08. The van der Waals surface area contributed by atoms with Gasteiger partial charge >= 0.3 is 0 Å². The molecule has 3 aromatic rings. The van der Waals surface area contributed by atoms with Crippen molar-refractivity contribution in [3.05, 3.63) is 60.6 Å². The first kappa shape index (κ1) is 16.4. The summed E-state index contributed by atoms with van der Waals surface area (Å²) < 4.78 is 11.5. The average Bonchev–Trinajstić information content (AvgIpc) is 3.41. The maximum atomic E-state index is 12.7. The van der Waals surface area contributed by atoms with Crippen molar-refractivity contribution < 1.29 is 13.6 Å². The molecule has 3 aliphatic rings. The summed E-state index contributed by atoms with van der Waals surface area (Å²) in [5.74, 6) is 2.26. The maximum absolute atomic E-state index is 12.7. The maximum Gasteiger partial charge on any atom is 0.287 e. The summed E-state index contributed by atoms with van der Waals surface area (Å²) in [5.41, 5.74) is 1.86. The molecule has 3 saturated heterocycles. The van der Waals surface area contributed by atoms with Gasteiger partial charge in [0.2, 0.25) is 0 Å². The molecule has 1 aromatic carbocycles. The zero-order valence-electron chi connectivity index (χ0n) is 15.1. The topological polar surface area (TPSA) is 58.6 Å². The molecule has 2 bridgehead atoms. The number of hydrogen-bond donors (Lipinski definition) is 1. The predicted octanol–water partition coefficient (Wildman–Crippen LogP) is 4.03. The summed E-state index contributed by atoms with van der Waals surface area (Å²) in [7, 11) is 0. The summed E-state index contributed by atoms with van der Waals surface area (Å²) in [4.78, 5) is 15.1. The second-order valence-electron chi connectivity index (χ2n) is 7.40. The number of nitrogens with zero attached hydrogens (tertiary/aromatic N) is 1. The van der Waals surface area contributed by atoms with Gasteiger partial charge in [-0.2, -0.15) is 0 Å². The van der Waals surface area contributed by atoms with Crippen LogP contribution in [0.4, 0.5) is 0 Å². The fraction of sp³-hybridized carbons (Fsp3) is 0.318. The van der Waals surface area contributed by atoms with Crippen molar-refractivity contribution in [1.82, 2.24) is 10.2 Å². The van der Waals surface area contributed by atoms with E-state index in [9.17, 15) is 4.79 Å². The van der Waals surface area contributed by atoms with Crippen molar-refractivity contribution in [1.29, 1.82) is 0 Å². The van der Waals surface area contributed by atoms with Crippen molar-refractivity contribution in [2.75, 3.05) is 19.6 Å². The molecule has 0 radical (unpaired) electrons. The fourth-order valence-electron chi connectivity index (χ4n) is 4.32. The molecule has 6 rings (SSSR count). The van der Waals surface area contributed by atoms with Gasteiger partial charge in [-0.3, -0.25) is 4.79 Å². The fourth-order valence-corrected chi connectivity index (χ4v) is 4.32. The molecule has 0 spiro atoms. The van der Waals surface area contributed by atoms with Crippen LogP contribution < -0.4 is 5.32 Å². The SMILES string of the molecule is O=C(N[C@H]1CN2CCC1CC2)c1ccc(-c2ccccc2-c2ccco2)o1. The van der Waals surface area contributed by atoms with E-state index in [2.05, 4.69) is 10.2 Å². The van der Waals surface area contributed by atoms with Crippen molar-refractivity contribution >= 4 is 5.91 Å². The van der Waals surface area contributed by atoms with Crippen molar-refractivity contribution in [2.24, 2.45) is 5.92 Å². The van der Waals surface area contributed by atoms with Crippen LogP contribution in [-0.2, 0) is 0 Å². The first-order valence-electron chi connectivity index (χ1n) is 9.54. The number of piperidine rings is 3. The van der Waals surface area contributed by atoms with Crippen LogP contribution in [-0.4, -0.2) is 36.5 Å². The highest BCUT2D eigenvalue weighted by atomic mass is 16.4. The number of nitrogens with one attached hydrogen (secondary N) is 1. The van der Waals surface area contributed by atoms with E-state index in [-0.39, 0.29) is 11.9 Å². The Labute approximate surface area is 158 Å². The predicted molar refractivity (Wildman–Crippen MR) is 102 cm³/mol. The third-order valence-corrected chi connectivity index (χ3v) is 5.78. The molecule has 1 N–H and O–H groups in total. The number of furan rings is 2. The van der Waals surface area contributed by atoms with E-state index in [1.54, 1.807) is 12.3 Å². The van der Waals surface area contributed by atoms with Gasteiger partial charge in [0.1, 0.15) is 11.5 Å². The molecule has 2 aromatic heterocycles. The van der Waals surface area contributed by atoms with Crippen LogP contribution in [0.3, 0.4) is 0 Å². The summed E-state index contributed by atoms with van der Waals surface area (Å²) in [5, 5.41) is 3.18. The van der Waals surface area contributed by atoms with Crippen LogP contribution >= 0.6 is 0 Å². The van der Waals surface area contributed by atoms with E-state index in [0.29, 0.717) is 17.4 Å². The van der Waals surface area contributed by atoms with Gasteiger partial charge in [0.05, 0.1) is 6.26 Å². The van der Waals surface area contributed by atoms with Crippen LogP contribution in [0.2, 0.25) is 0 Å². The zero-order chi connectivity index (χ0) is 18.2. The highest BCUT2D eigenvalue weighted by Gasteiger charge is 2.35. The van der Waals surface area contributed by atoms with E-state index in [4.69, 9.17) is 8.83 Å². The first-order chi connectivity index (χ1) is 13.3. The Bertz CT molecular complexity index is 936. The third-order valence-electron chi connectivity index (χ3n) is 5.78. The normalized spacial score (nSPS) is 24.1. The molecule has 3 fully saturated rings. The number of benzene rings is 1. The van der Waals surface area contributed by atoms with Gasteiger partial charge in [0.25, 0.3) is 5.91 Å². The molecule has 5 heteroatoms. The van der Waals surface area contributed by atoms with Gasteiger partial charge < -0.3 is 19.1 Å². The minimum absolute atomic E-state index is 0.129. The summed E-state index contributed by atoms with van der Waals surface area (Å²) >= 11 is 0. The van der Waals surface area contributed by atoms with Crippen LogP contribution in [0.15, 0.2) is 63.6 Å². The number of amides is 1. The first-order valence-corrected chi connectivity index (χ1v) is 9.54. The van der Waals surface area contributed by atoms with Gasteiger partial charge in [-0.25, -0.2) is 0 Å². The number of fused-ring (bicyclic) bond motifs is 3. The van der Waals surface area contributed by atoms with E-state index in [0.717, 1.165) is 36.5 Å². The molecule has 0 saturated carbocycles. The monoisotopic (exact) mass is 362 g/mol. The average molecular weight is 362 g/mol. The lowest BCUT2D eigenvalue weighted by Crippen LogP contribution is -2.57. The molecule has 3 aliphatic heterocycles. The summed E-state index contributed by atoms with van der Waals surface area (Å²) in [6.07, 6.45) is 4.00. The smallest absolute Gasteiger partial charge is 0.287 e. The second kappa shape index (κ2) is 6.74. The second-order valence-corrected chi connectivity index (χ2v) is 7.40. The number of carbonyl (C=O) groups excluding carboxylic acids is 1. The molecule has 0 aliphatic carbocycles. The Hall–Kier alpha value is -2.79. The highest BCUT2D eigenvalue weighted by molar-refractivity contribution is 5.92. The van der Waals surface area contributed by atoms with Gasteiger partial charge in [-0.15, -0.1) is 0 Å². The molecule has 27 heavy (non-hydrogen) atoms. The van der Waals surface area contributed by atoms with E-state index in [1.807, 2.05) is 42.5 Å². The van der Waals surface area contributed by atoms with Crippen LogP contribution in [0.25, 0.3) is 22.6 Å². The Morgan fingerprint density at radius 2 is 1.74 bits per heavy atom. The van der Waals surface area contributed by atoms with Crippen LogP contribution in [0.5, 0.6) is 0 Å². The number of rotatable bonds is 4. The molecule has 5 heterocycles. The number of hydrogen-bond acceptors (Lipinski definition) is 4. The Kier molecular flexibility index (Phi) is 4.09. The zero-order valence-corrected chi connectivity index (χ0v) is 15.1. The molecular weight excluding hydrogens is 340 g/mol. The quantitative estimate of drug-likeness (QED) is 0.761. The van der Waals surface area contributed by atoms with E-state index >= 15 is 0 Å². The van der Waals surface area contributed by atoms with Crippen LogP contribution in [0.1, 0.15) is 23.4 Å². The number of carbonyl (C=O) groups is 1. The standard InChI is InChI=1S/C22H22N2O3/c25-22(23-18-14-24-11-9-15(18)10-12-24)21-8-7-20(27-21)17-5-2-1-4-16(17)19-6-3-13-26-19/h1-8,13,15,18H,9-12,14H2,(H,23,25)/t18-/m0/s1. The van der Waals surface area contributed by atoms with Gasteiger partial charge in [0, 0.05) is 23.7 Å². The Morgan fingerprint density at radius 3 is 2.41 bits per heavy atom. The highest BCUT2D eigenvalue weighted by Crippen LogP contribution is 2.33. The van der Waals surface area contributed by atoms with Crippen molar-refractivity contribution in [2.45, 2.75) is 18.9 Å². The van der Waals surface area contributed by atoms with Crippen molar-refractivity contribution in [3.63, 3.8) is 0 Å². The van der Waals surface area contributed by atoms with Gasteiger partial charge in [0.15, 0.2) is 5.76 Å². The van der Waals surface area contributed by atoms with E-state index in [1.165, 1.54) is 12.8 Å². The minimum Gasteiger partial charge on any atom is -0.464 e. The van der Waals surface area contributed by atoms with Crippen molar-refractivity contribution in [3.8, 4) is 22.6 Å². The lowest BCUT2D eigenvalue weighted by Gasteiger charge is -2.44. The molecule has 1 atom stereocenters.